The molecule has 2 aromatic carbocycles. The molecule has 0 bridgehead atoms. The number of rotatable bonds is 6. The maximum Gasteiger partial charge on any atom is 0.251 e. The number of guanidine groups is 1. The summed E-state index contributed by atoms with van der Waals surface area (Å²) in [4.78, 5) is 18.8. The minimum atomic E-state index is -0.0229. The van der Waals surface area contributed by atoms with Gasteiger partial charge < -0.3 is 15.5 Å². The lowest BCUT2D eigenvalue weighted by atomic mass is 9.99. The lowest BCUT2D eigenvalue weighted by Gasteiger charge is -2.22. The first-order valence-electron chi connectivity index (χ1n) is 9.61. The molecule has 0 aliphatic carbocycles. The topological polar surface area (TPSA) is 56.7 Å². The van der Waals surface area contributed by atoms with Gasteiger partial charge in [0, 0.05) is 44.7 Å². The van der Waals surface area contributed by atoms with Gasteiger partial charge in [0.05, 0.1) is 0 Å². The minimum Gasteiger partial charge on any atom is -0.356 e. The highest BCUT2D eigenvalue weighted by atomic mass is 127. The van der Waals surface area contributed by atoms with Gasteiger partial charge in [0.25, 0.3) is 5.91 Å². The number of aliphatic imine (C=N–C) groups is 1. The van der Waals surface area contributed by atoms with Crippen LogP contribution in [0.1, 0.15) is 34.7 Å². The summed E-state index contributed by atoms with van der Waals surface area (Å²) in [6.45, 7) is 3.44. The summed E-state index contributed by atoms with van der Waals surface area (Å²) in [6.07, 6.45) is 2.01. The molecule has 0 spiro atoms. The molecule has 2 aromatic rings. The van der Waals surface area contributed by atoms with Crippen LogP contribution in [0.2, 0.25) is 0 Å². The molecule has 1 aliphatic rings. The normalized spacial score (nSPS) is 16.4. The van der Waals surface area contributed by atoms with Gasteiger partial charge in [-0.25, -0.2) is 0 Å². The van der Waals surface area contributed by atoms with Crippen LogP contribution in [0.3, 0.4) is 0 Å². The van der Waals surface area contributed by atoms with Crippen LogP contribution in [-0.2, 0) is 0 Å². The fourth-order valence-electron chi connectivity index (χ4n) is 3.46. The van der Waals surface area contributed by atoms with Crippen LogP contribution < -0.4 is 10.6 Å². The molecule has 0 saturated carbocycles. The third-order valence-corrected chi connectivity index (χ3v) is 4.93. The Morgan fingerprint density at radius 1 is 1.04 bits per heavy atom. The van der Waals surface area contributed by atoms with E-state index in [4.69, 9.17) is 0 Å². The molecule has 3 rings (SSSR count). The molecule has 0 radical (unpaired) electrons. The number of nitrogens with one attached hydrogen (secondary N) is 2. The molecule has 1 atom stereocenters. The van der Waals surface area contributed by atoms with Gasteiger partial charge in [-0.3, -0.25) is 9.79 Å². The van der Waals surface area contributed by atoms with Crippen molar-refractivity contribution in [1.82, 2.24) is 15.5 Å². The largest absolute Gasteiger partial charge is 0.356 e. The maximum absolute atomic E-state index is 12.0. The highest BCUT2D eigenvalue weighted by Crippen LogP contribution is 2.26. The van der Waals surface area contributed by atoms with E-state index in [9.17, 15) is 4.79 Å². The van der Waals surface area contributed by atoms with Crippen LogP contribution in [0.25, 0.3) is 0 Å². The van der Waals surface area contributed by atoms with Crippen LogP contribution in [0.4, 0.5) is 0 Å². The van der Waals surface area contributed by atoms with E-state index >= 15 is 0 Å². The highest BCUT2D eigenvalue weighted by Gasteiger charge is 2.25. The summed E-state index contributed by atoms with van der Waals surface area (Å²) in [6, 6.07) is 20.0. The zero-order valence-corrected chi connectivity index (χ0v) is 18.6. The Bertz CT molecular complexity index is 752. The first-order valence-corrected chi connectivity index (χ1v) is 9.61. The standard InChI is InChI=1S/C22H28N4O.HI/c1-23-22(26-16-13-20(17-26)18-9-4-2-5-10-18)25-15-8-14-24-21(27)19-11-6-3-7-12-19;/h2-7,9-12,20H,8,13-17H2,1H3,(H,23,25)(H,24,27);1H. The highest BCUT2D eigenvalue weighted by molar-refractivity contribution is 14.0. The Labute approximate surface area is 184 Å². The Morgan fingerprint density at radius 3 is 2.36 bits per heavy atom. The van der Waals surface area contributed by atoms with Crippen molar-refractivity contribution in [3.63, 3.8) is 0 Å². The predicted octanol–water partition coefficient (Wildman–Crippen LogP) is 3.49. The molecule has 1 amide bonds. The Kier molecular flexibility index (Phi) is 9.27. The molecule has 1 saturated heterocycles. The molecule has 1 unspecified atom stereocenters. The second-order valence-electron chi connectivity index (χ2n) is 6.79. The summed E-state index contributed by atoms with van der Waals surface area (Å²) in [5, 5.41) is 6.38. The molecule has 6 heteroatoms. The second-order valence-corrected chi connectivity index (χ2v) is 6.79. The number of carbonyl (C=O) groups is 1. The lowest BCUT2D eigenvalue weighted by Crippen LogP contribution is -2.41. The molecular weight excluding hydrogens is 463 g/mol. The molecule has 1 heterocycles. The minimum absolute atomic E-state index is 0. The van der Waals surface area contributed by atoms with Gasteiger partial charge in [-0.2, -0.15) is 0 Å². The maximum atomic E-state index is 12.0. The third-order valence-electron chi connectivity index (χ3n) is 4.93. The molecule has 5 nitrogen and oxygen atoms in total. The summed E-state index contributed by atoms with van der Waals surface area (Å²) in [5.74, 6) is 1.49. The predicted molar refractivity (Wildman–Crippen MR) is 126 cm³/mol. The number of likely N-dealkylation sites (tertiary alicyclic amines) is 1. The van der Waals surface area contributed by atoms with Gasteiger partial charge in [0.1, 0.15) is 0 Å². The molecule has 2 N–H and O–H groups in total. The van der Waals surface area contributed by atoms with Gasteiger partial charge >= 0.3 is 0 Å². The van der Waals surface area contributed by atoms with Gasteiger partial charge in [0.2, 0.25) is 0 Å². The van der Waals surface area contributed by atoms with Gasteiger partial charge in [-0.1, -0.05) is 48.5 Å². The van der Waals surface area contributed by atoms with E-state index in [0.717, 1.165) is 38.4 Å². The number of carbonyl (C=O) groups excluding carboxylic acids is 1. The summed E-state index contributed by atoms with van der Waals surface area (Å²) in [7, 11) is 1.83. The van der Waals surface area contributed by atoms with E-state index in [2.05, 4.69) is 50.9 Å². The van der Waals surface area contributed by atoms with Crippen molar-refractivity contribution < 1.29 is 4.79 Å². The van der Waals surface area contributed by atoms with Crippen molar-refractivity contribution in [2.24, 2.45) is 4.99 Å². The first-order chi connectivity index (χ1) is 13.3. The van der Waals surface area contributed by atoms with E-state index in [0.29, 0.717) is 18.0 Å². The van der Waals surface area contributed by atoms with Gasteiger partial charge in [0.15, 0.2) is 5.96 Å². The number of benzene rings is 2. The number of hydrogen-bond donors (Lipinski definition) is 2. The van der Waals surface area contributed by atoms with E-state index in [1.807, 2.05) is 37.4 Å². The molecule has 1 fully saturated rings. The van der Waals surface area contributed by atoms with Crippen LogP contribution in [0.5, 0.6) is 0 Å². The van der Waals surface area contributed by atoms with Crippen LogP contribution in [-0.4, -0.2) is 50.0 Å². The average Bonchev–Trinajstić information content (AvgIpc) is 3.22. The number of amides is 1. The van der Waals surface area contributed by atoms with Gasteiger partial charge in [-0.15, -0.1) is 24.0 Å². The Hall–Kier alpha value is -2.09. The first kappa shape index (κ1) is 22.2. The van der Waals surface area contributed by atoms with E-state index in [1.54, 1.807) is 0 Å². The fraction of sp³-hybridized carbons (Fsp3) is 0.364. The van der Waals surface area contributed by atoms with Crippen molar-refractivity contribution in [1.29, 1.82) is 0 Å². The number of hydrogen-bond acceptors (Lipinski definition) is 2. The molecular formula is C22H29IN4O. The molecule has 0 aromatic heterocycles. The van der Waals surface area contributed by atoms with Crippen LogP contribution in [0, 0.1) is 0 Å². The summed E-state index contributed by atoms with van der Waals surface area (Å²) in [5.41, 5.74) is 2.10. The Balaban J connectivity index is 0.00000280. The summed E-state index contributed by atoms with van der Waals surface area (Å²) < 4.78 is 0. The second kappa shape index (κ2) is 11.7. The van der Waals surface area contributed by atoms with Crippen molar-refractivity contribution in [2.45, 2.75) is 18.8 Å². The SMILES string of the molecule is CN=C(NCCCNC(=O)c1ccccc1)N1CCC(c2ccccc2)C1.I. The van der Waals surface area contributed by atoms with Crippen LogP contribution >= 0.6 is 24.0 Å². The zero-order chi connectivity index (χ0) is 18.9. The van der Waals surface area contributed by atoms with E-state index < -0.39 is 0 Å². The lowest BCUT2D eigenvalue weighted by molar-refractivity contribution is 0.0953. The monoisotopic (exact) mass is 492 g/mol. The van der Waals surface area contributed by atoms with Gasteiger partial charge in [-0.05, 0) is 30.5 Å². The van der Waals surface area contributed by atoms with Crippen molar-refractivity contribution in [2.75, 3.05) is 33.2 Å². The fourth-order valence-corrected chi connectivity index (χ4v) is 3.46. The molecule has 28 heavy (non-hydrogen) atoms. The average molecular weight is 492 g/mol. The third kappa shape index (κ3) is 6.22. The van der Waals surface area contributed by atoms with Crippen molar-refractivity contribution in [3.8, 4) is 0 Å². The van der Waals surface area contributed by atoms with Crippen LogP contribution in [0.15, 0.2) is 65.7 Å². The van der Waals surface area contributed by atoms with E-state index in [-0.39, 0.29) is 29.9 Å². The number of halogens is 1. The summed E-state index contributed by atoms with van der Waals surface area (Å²) >= 11 is 0. The van der Waals surface area contributed by atoms with Crippen molar-refractivity contribution in [3.05, 3.63) is 71.8 Å². The Morgan fingerprint density at radius 2 is 1.68 bits per heavy atom. The number of nitrogens with zero attached hydrogens (tertiary/aromatic N) is 2. The zero-order valence-electron chi connectivity index (χ0n) is 16.3. The van der Waals surface area contributed by atoms with E-state index in [1.165, 1.54) is 5.56 Å². The molecule has 150 valence electrons. The molecule has 1 aliphatic heterocycles. The van der Waals surface area contributed by atoms with Crippen molar-refractivity contribution >= 4 is 35.8 Å². The quantitative estimate of drug-likeness (QED) is 0.281. The smallest absolute Gasteiger partial charge is 0.251 e.